The normalized spacial score (nSPS) is 28.5. The standard InChI is InChI=1S/C13H23N3/c1-10-5-13(2,3)6-12(10)14-7-11-8-15-16(4)9-11/h8-10,12,14H,5-7H2,1-4H3. The van der Waals surface area contributed by atoms with Crippen LogP contribution < -0.4 is 5.32 Å². The maximum Gasteiger partial charge on any atom is 0.0534 e. The predicted octanol–water partition coefficient (Wildman–Crippen LogP) is 2.33. The Morgan fingerprint density at radius 3 is 2.75 bits per heavy atom. The highest BCUT2D eigenvalue weighted by Crippen LogP contribution is 2.40. The Morgan fingerprint density at radius 1 is 1.50 bits per heavy atom. The summed E-state index contributed by atoms with van der Waals surface area (Å²) in [6, 6.07) is 0.662. The van der Waals surface area contributed by atoms with Crippen LogP contribution in [-0.4, -0.2) is 15.8 Å². The first-order valence-electron chi connectivity index (χ1n) is 6.17. The van der Waals surface area contributed by atoms with Gasteiger partial charge in [-0.3, -0.25) is 4.68 Å². The molecule has 2 atom stereocenters. The molecule has 0 bridgehead atoms. The molecule has 1 aromatic rings. The van der Waals surface area contributed by atoms with Gasteiger partial charge >= 0.3 is 0 Å². The summed E-state index contributed by atoms with van der Waals surface area (Å²) in [5, 5.41) is 7.85. The van der Waals surface area contributed by atoms with Crippen molar-refractivity contribution in [2.75, 3.05) is 0 Å². The van der Waals surface area contributed by atoms with Gasteiger partial charge in [-0.05, 0) is 24.2 Å². The minimum atomic E-state index is 0.506. The van der Waals surface area contributed by atoms with Gasteiger partial charge in [0.05, 0.1) is 6.20 Å². The van der Waals surface area contributed by atoms with E-state index in [0.717, 1.165) is 12.5 Å². The molecule has 0 aromatic carbocycles. The van der Waals surface area contributed by atoms with Crippen LogP contribution in [0, 0.1) is 11.3 Å². The molecule has 2 rings (SSSR count). The Labute approximate surface area is 98.2 Å². The lowest BCUT2D eigenvalue weighted by molar-refractivity contribution is 0.362. The average Bonchev–Trinajstić information content (AvgIpc) is 2.67. The Kier molecular flexibility index (Phi) is 3.06. The minimum Gasteiger partial charge on any atom is -0.310 e. The first-order chi connectivity index (χ1) is 7.46. The van der Waals surface area contributed by atoms with Crippen molar-refractivity contribution >= 4 is 0 Å². The van der Waals surface area contributed by atoms with Gasteiger partial charge in [0, 0.05) is 31.4 Å². The molecule has 1 aromatic heterocycles. The summed E-state index contributed by atoms with van der Waals surface area (Å²) in [4.78, 5) is 0. The van der Waals surface area contributed by atoms with E-state index in [0.29, 0.717) is 11.5 Å². The molecule has 1 N–H and O–H groups in total. The van der Waals surface area contributed by atoms with Crippen LogP contribution in [0.15, 0.2) is 12.4 Å². The second-order valence-corrected chi connectivity index (χ2v) is 6.06. The Hall–Kier alpha value is -0.830. The van der Waals surface area contributed by atoms with E-state index >= 15 is 0 Å². The van der Waals surface area contributed by atoms with Crippen molar-refractivity contribution in [3.63, 3.8) is 0 Å². The number of hydrogen-bond donors (Lipinski definition) is 1. The van der Waals surface area contributed by atoms with E-state index in [1.165, 1.54) is 18.4 Å². The molecule has 2 unspecified atom stereocenters. The molecular formula is C13H23N3. The fraction of sp³-hybridized carbons (Fsp3) is 0.769. The van der Waals surface area contributed by atoms with Crippen LogP contribution >= 0.6 is 0 Å². The highest BCUT2D eigenvalue weighted by atomic mass is 15.2. The zero-order valence-corrected chi connectivity index (χ0v) is 10.8. The highest BCUT2D eigenvalue weighted by Gasteiger charge is 2.36. The molecule has 1 saturated carbocycles. The number of aryl methyl sites for hydroxylation is 1. The summed E-state index contributed by atoms with van der Waals surface area (Å²) in [7, 11) is 1.96. The van der Waals surface area contributed by atoms with Crippen molar-refractivity contribution in [2.45, 2.75) is 46.2 Å². The molecule has 1 heterocycles. The fourth-order valence-electron chi connectivity index (χ4n) is 2.98. The van der Waals surface area contributed by atoms with Gasteiger partial charge in [0.1, 0.15) is 0 Å². The molecule has 16 heavy (non-hydrogen) atoms. The summed E-state index contributed by atoms with van der Waals surface area (Å²) in [6.45, 7) is 8.04. The van der Waals surface area contributed by atoms with Crippen LogP contribution in [0.5, 0.6) is 0 Å². The Bertz CT molecular complexity index is 354. The van der Waals surface area contributed by atoms with Crippen molar-refractivity contribution in [2.24, 2.45) is 18.4 Å². The van der Waals surface area contributed by atoms with Gasteiger partial charge in [0.2, 0.25) is 0 Å². The number of nitrogens with one attached hydrogen (secondary N) is 1. The second kappa shape index (κ2) is 4.21. The Balaban J connectivity index is 1.87. The zero-order chi connectivity index (χ0) is 11.8. The van der Waals surface area contributed by atoms with E-state index in [1.54, 1.807) is 0 Å². The van der Waals surface area contributed by atoms with Gasteiger partial charge < -0.3 is 5.32 Å². The summed E-state index contributed by atoms with van der Waals surface area (Å²) < 4.78 is 1.86. The summed E-state index contributed by atoms with van der Waals surface area (Å²) >= 11 is 0. The molecule has 1 fully saturated rings. The van der Waals surface area contributed by atoms with Crippen LogP contribution in [0.25, 0.3) is 0 Å². The molecular weight excluding hydrogens is 198 g/mol. The van der Waals surface area contributed by atoms with Crippen LogP contribution in [0.4, 0.5) is 0 Å². The predicted molar refractivity (Wildman–Crippen MR) is 66.0 cm³/mol. The molecule has 0 spiro atoms. The van der Waals surface area contributed by atoms with E-state index in [2.05, 4.69) is 37.4 Å². The minimum absolute atomic E-state index is 0.506. The van der Waals surface area contributed by atoms with E-state index < -0.39 is 0 Å². The lowest BCUT2D eigenvalue weighted by Gasteiger charge is -2.18. The van der Waals surface area contributed by atoms with Crippen LogP contribution in [0.1, 0.15) is 39.2 Å². The molecule has 0 amide bonds. The molecule has 0 saturated heterocycles. The maximum atomic E-state index is 4.19. The third-order valence-corrected chi connectivity index (χ3v) is 3.66. The molecule has 0 aliphatic heterocycles. The zero-order valence-electron chi connectivity index (χ0n) is 10.8. The summed E-state index contributed by atoms with van der Waals surface area (Å²) in [5.41, 5.74) is 1.78. The van der Waals surface area contributed by atoms with Crippen molar-refractivity contribution in [1.82, 2.24) is 15.1 Å². The second-order valence-electron chi connectivity index (χ2n) is 6.06. The van der Waals surface area contributed by atoms with Crippen LogP contribution in [0.3, 0.4) is 0 Å². The molecule has 3 heteroatoms. The lowest BCUT2D eigenvalue weighted by atomic mass is 9.91. The monoisotopic (exact) mass is 221 g/mol. The first kappa shape index (κ1) is 11.6. The smallest absolute Gasteiger partial charge is 0.0534 e. The third kappa shape index (κ3) is 2.64. The number of rotatable bonds is 3. The van der Waals surface area contributed by atoms with Crippen LogP contribution in [-0.2, 0) is 13.6 Å². The number of hydrogen-bond acceptors (Lipinski definition) is 2. The van der Waals surface area contributed by atoms with Gasteiger partial charge in [-0.25, -0.2) is 0 Å². The topological polar surface area (TPSA) is 29.9 Å². The van der Waals surface area contributed by atoms with E-state index in [4.69, 9.17) is 0 Å². The van der Waals surface area contributed by atoms with Crippen molar-refractivity contribution in [1.29, 1.82) is 0 Å². The SMILES string of the molecule is CC1CC(C)(C)CC1NCc1cnn(C)c1. The maximum absolute atomic E-state index is 4.19. The third-order valence-electron chi connectivity index (χ3n) is 3.66. The largest absolute Gasteiger partial charge is 0.310 e. The average molecular weight is 221 g/mol. The van der Waals surface area contributed by atoms with E-state index in [9.17, 15) is 0 Å². The molecule has 90 valence electrons. The molecule has 0 radical (unpaired) electrons. The molecule has 1 aliphatic carbocycles. The van der Waals surface area contributed by atoms with Gasteiger partial charge in [-0.2, -0.15) is 5.10 Å². The number of nitrogens with zero attached hydrogens (tertiary/aromatic N) is 2. The quantitative estimate of drug-likeness (QED) is 0.849. The van der Waals surface area contributed by atoms with Crippen molar-refractivity contribution in [3.05, 3.63) is 18.0 Å². The van der Waals surface area contributed by atoms with Gasteiger partial charge in [0.15, 0.2) is 0 Å². The number of aromatic nitrogens is 2. The van der Waals surface area contributed by atoms with Gasteiger partial charge in [0.25, 0.3) is 0 Å². The molecule has 1 aliphatic rings. The van der Waals surface area contributed by atoms with E-state index in [-0.39, 0.29) is 0 Å². The van der Waals surface area contributed by atoms with Gasteiger partial charge in [-0.15, -0.1) is 0 Å². The van der Waals surface area contributed by atoms with Crippen molar-refractivity contribution in [3.8, 4) is 0 Å². The first-order valence-corrected chi connectivity index (χ1v) is 6.17. The molecule has 3 nitrogen and oxygen atoms in total. The summed E-state index contributed by atoms with van der Waals surface area (Å²) in [6.07, 6.45) is 6.64. The Morgan fingerprint density at radius 2 is 2.25 bits per heavy atom. The highest BCUT2D eigenvalue weighted by molar-refractivity contribution is 5.04. The lowest BCUT2D eigenvalue weighted by Crippen LogP contribution is -2.30. The summed E-state index contributed by atoms with van der Waals surface area (Å²) in [5.74, 6) is 0.784. The van der Waals surface area contributed by atoms with Crippen LogP contribution in [0.2, 0.25) is 0 Å². The van der Waals surface area contributed by atoms with Crippen molar-refractivity contribution < 1.29 is 0 Å². The fourth-order valence-corrected chi connectivity index (χ4v) is 2.98. The van der Waals surface area contributed by atoms with Gasteiger partial charge in [-0.1, -0.05) is 20.8 Å². The van der Waals surface area contributed by atoms with E-state index in [1.807, 2.05) is 17.9 Å².